The summed E-state index contributed by atoms with van der Waals surface area (Å²) in [5.74, 6) is -2.55. The zero-order valence-electron chi connectivity index (χ0n) is 17.5. The highest BCUT2D eigenvalue weighted by Gasteiger charge is 2.27. The number of methoxy groups -OCH3 is 1. The fraction of sp³-hybridized carbons (Fsp3) is 0.174. The first-order chi connectivity index (χ1) is 14.7. The third-order valence-electron chi connectivity index (χ3n) is 4.72. The van der Waals surface area contributed by atoms with Crippen LogP contribution in [-0.2, 0) is 4.74 Å². The number of thiophene rings is 1. The van der Waals surface area contributed by atoms with Crippen molar-refractivity contribution >= 4 is 39.8 Å². The van der Waals surface area contributed by atoms with Gasteiger partial charge in [-0.3, -0.25) is 9.59 Å². The molecule has 8 heteroatoms. The number of benzene rings is 2. The number of ether oxygens (including phenoxy) is 1. The second-order valence-electron chi connectivity index (χ2n) is 6.96. The lowest BCUT2D eigenvalue weighted by Gasteiger charge is -2.08. The van der Waals surface area contributed by atoms with Gasteiger partial charge in [0.1, 0.15) is 10.8 Å². The molecule has 3 aromatic rings. The van der Waals surface area contributed by atoms with Crippen molar-refractivity contribution < 1.29 is 23.5 Å². The zero-order valence-corrected chi connectivity index (χ0v) is 18.3. The maximum absolute atomic E-state index is 14.0. The van der Waals surface area contributed by atoms with E-state index in [0.717, 1.165) is 22.5 Å². The number of carbonyl (C=O) groups excluding carboxylic acids is 3. The van der Waals surface area contributed by atoms with Crippen molar-refractivity contribution in [2.45, 2.75) is 20.8 Å². The van der Waals surface area contributed by atoms with Gasteiger partial charge in [0.05, 0.1) is 23.1 Å². The normalized spacial score (nSPS) is 10.5. The summed E-state index contributed by atoms with van der Waals surface area (Å²) in [6, 6.07) is 11.1. The molecule has 3 rings (SSSR count). The summed E-state index contributed by atoms with van der Waals surface area (Å²) in [6.45, 7) is 5.43. The molecule has 0 spiro atoms. The van der Waals surface area contributed by atoms with Crippen molar-refractivity contribution in [2.24, 2.45) is 0 Å². The molecule has 0 fully saturated rings. The number of carbonyl (C=O) groups is 3. The molecular formula is C23H21FN2O4S. The number of halogens is 1. The monoisotopic (exact) mass is 440 g/mol. The number of aryl methyl sites for hydroxylation is 2. The van der Waals surface area contributed by atoms with E-state index in [1.54, 1.807) is 13.0 Å². The number of anilines is 2. The molecule has 6 nitrogen and oxygen atoms in total. The first-order valence-corrected chi connectivity index (χ1v) is 10.2. The van der Waals surface area contributed by atoms with Gasteiger partial charge in [0.25, 0.3) is 11.8 Å². The van der Waals surface area contributed by atoms with Crippen LogP contribution in [0.5, 0.6) is 0 Å². The smallest absolute Gasteiger partial charge is 0.341 e. The average Bonchev–Trinajstić information content (AvgIpc) is 3.05. The lowest BCUT2D eigenvalue weighted by molar-refractivity contribution is 0.0601. The number of nitrogens with one attached hydrogen (secondary N) is 2. The van der Waals surface area contributed by atoms with Gasteiger partial charge in [-0.15, -0.1) is 11.3 Å². The summed E-state index contributed by atoms with van der Waals surface area (Å²) in [5, 5.41) is 5.49. The largest absolute Gasteiger partial charge is 0.465 e. The molecule has 2 aromatic carbocycles. The Bertz CT molecular complexity index is 1190. The predicted molar refractivity (Wildman–Crippen MR) is 119 cm³/mol. The highest BCUT2D eigenvalue weighted by atomic mass is 32.1. The molecule has 0 saturated heterocycles. The summed E-state index contributed by atoms with van der Waals surface area (Å²) in [4.78, 5) is 38.1. The number of esters is 1. The molecule has 0 aliphatic heterocycles. The topological polar surface area (TPSA) is 84.5 Å². The number of hydrogen-bond acceptors (Lipinski definition) is 5. The average molecular weight is 440 g/mol. The van der Waals surface area contributed by atoms with E-state index >= 15 is 0 Å². The van der Waals surface area contributed by atoms with E-state index < -0.39 is 23.6 Å². The Morgan fingerprint density at radius 1 is 0.968 bits per heavy atom. The van der Waals surface area contributed by atoms with E-state index in [9.17, 15) is 18.8 Å². The standard InChI is InChI=1S/C23H21FN2O4S/c1-12-9-10-17(13(2)11-12)25-21(28)19-14(3)18(23(29)30-4)22(31-19)26-20(27)15-7-5-6-8-16(15)24/h5-11H,1-4H3,(H,25,28)(H,26,27). The van der Waals surface area contributed by atoms with Gasteiger partial charge < -0.3 is 15.4 Å². The molecule has 0 bridgehead atoms. The second kappa shape index (κ2) is 9.09. The Balaban J connectivity index is 1.96. The summed E-state index contributed by atoms with van der Waals surface area (Å²) < 4.78 is 18.8. The van der Waals surface area contributed by atoms with Gasteiger partial charge in [-0.25, -0.2) is 9.18 Å². The van der Waals surface area contributed by atoms with Gasteiger partial charge in [-0.2, -0.15) is 0 Å². The highest BCUT2D eigenvalue weighted by Crippen LogP contribution is 2.35. The molecule has 1 aromatic heterocycles. The SMILES string of the molecule is COC(=O)c1c(NC(=O)c2ccccc2F)sc(C(=O)Nc2ccc(C)cc2C)c1C. The fourth-order valence-electron chi connectivity index (χ4n) is 3.11. The molecule has 1 heterocycles. The van der Waals surface area contributed by atoms with Gasteiger partial charge in [0.15, 0.2) is 0 Å². The Morgan fingerprint density at radius 2 is 1.68 bits per heavy atom. The predicted octanol–water partition coefficient (Wildman–Crippen LogP) is 5.10. The van der Waals surface area contributed by atoms with Crippen molar-refractivity contribution in [3.8, 4) is 0 Å². The number of rotatable bonds is 5. The minimum absolute atomic E-state index is 0.0583. The summed E-state index contributed by atoms with van der Waals surface area (Å²) in [5.41, 5.74) is 2.84. The van der Waals surface area contributed by atoms with Crippen molar-refractivity contribution in [3.05, 3.63) is 81.0 Å². The molecule has 31 heavy (non-hydrogen) atoms. The lowest BCUT2D eigenvalue weighted by Crippen LogP contribution is -2.15. The molecule has 0 aliphatic carbocycles. The Hall–Kier alpha value is -3.52. The van der Waals surface area contributed by atoms with Gasteiger partial charge in [-0.1, -0.05) is 29.8 Å². The quantitative estimate of drug-likeness (QED) is 0.541. The number of hydrogen-bond donors (Lipinski definition) is 2. The first-order valence-electron chi connectivity index (χ1n) is 9.39. The van der Waals surface area contributed by atoms with Crippen LogP contribution in [0, 0.1) is 26.6 Å². The van der Waals surface area contributed by atoms with Gasteiger partial charge in [-0.05, 0) is 50.1 Å². The van der Waals surface area contributed by atoms with Crippen LogP contribution in [0.4, 0.5) is 15.1 Å². The Morgan fingerprint density at radius 3 is 2.32 bits per heavy atom. The van der Waals surface area contributed by atoms with Gasteiger partial charge in [0, 0.05) is 5.69 Å². The van der Waals surface area contributed by atoms with Crippen molar-refractivity contribution in [1.29, 1.82) is 0 Å². The first kappa shape index (κ1) is 22.2. The van der Waals surface area contributed by atoms with Crippen LogP contribution in [0.2, 0.25) is 0 Å². The van der Waals surface area contributed by atoms with E-state index in [1.807, 2.05) is 26.0 Å². The van der Waals surface area contributed by atoms with E-state index in [0.29, 0.717) is 11.3 Å². The van der Waals surface area contributed by atoms with Crippen LogP contribution >= 0.6 is 11.3 Å². The van der Waals surface area contributed by atoms with Crippen molar-refractivity contribution in [1.82, 2.24) is 0 Å². The molecule has 160 valence electrons. The van der Waals surface area contributed by atoms with Crippen LogP contribution in [0.1, 0.15) is 47.1 Å². The van der Waals surface area contributed by atoms with Gasteiger partial charge >= 0.3 is 5.97 Å². The van der Waals surface area contributed by atoms with Crippen molar-refractivity contribution in [2.75, 3.05) is 17.7 Å². The third kappa shape index (κ3) is 4.64. The minimum atomic E-state index is -0.731. The molecular weight excluding hydrogens is 419 g/mol. The van der Waals surface area contributed by atoms with Gasteiger partial charge in [0.2, 0.25) is 0 Å². The van der Waals surface area contributed by atoms with E-state index in [-0.39, 0.29) is 21.0 Å². The van der Waals surface area contributed by atoms with Crippen LogP contribution in [0.15, 0.2) is 42.5 Å². The maximum atomic E-state index is 14.0. The lowest BCUT2D eigenvalue weighted by atomic mass is 10.1. The summed E-state index contributed by atoms with van der Waals surface area (Å²) in [7, 11) is 1.21. The second-order valence-corrected chi connectivity index (χ2v) is 7.98. The molecule has 2 N–H and O–H groups in total. The molecule has 0 aliphatic rings. The van der Waals surface area contributed by atoms with Crippen LogP contribution in [0.3, 0.4) is 0 Å². The van der Waals surface area contributed by atoms with Crippen LogP contribution in [-0.4, -0.2) is 24.9 Å². The highest BCUT2D eigenvalue weighted by molar-refractivity contribution is 7.19. The number of amides is 2. The molecule has 2 amide bonds. The zero-order chi connectivity index (χ0) is 22.7. The Labute approximate surface area is 183 Å². The fourth-order valence-corrected chi connectivity index (χ4v) is 4.20. The summed E-state index contributed by atoms with van der Waals surface area (Å²) in [6.07, 6.45) is 0. The van der Waals surface area contributed by atoms with E-state index in [2.05, 4.69) is 10.6 Å². The molecule has 0 radical (unpaired) electrons. The maximum Gasteiger partial charge on any atom is 0.341 e. The van der Waals surface area contributed by atoms with Crippen LogP contribution in [0.25, 0.3) is 0 Å². The van der Waals surface area contributed by atoms with Crippen molar-refractivity contribution in [3.63, 3.8) is 0 Å². The summed E-state index contributed by atoms with van der Waals surface area (Å²) >= 11 is 0.928. The van der Waals surface area contributed by atoms with E-state index in [1.165, 1.54) is 31.4 Å². The Kier molecular flexibility index (Phi) is 6.50. The minimum Gasteiger partial charge on any atom is -0.465 e. The molecule has 0 atom stereocenters. The molecule has 0 unspecified atom stereocenters. The van der Waals surface area contributed by atoms with E-state index in [4.69, 9.17) is 4.74 Å². The molecule has 0 saturated carbocycles. The van der Waals surface area contributed by atoms with Crippen LogP contribution < -0.4 is 10.6 Å². The third-order valence-corrected chi connectivity index (χ3v) is 5.92.